The number of unbranched alkanes of at least 4 members (excludes halogenated alkanes) is 6. The molecule has 0 saturated heterocycles. The van der Waals surface area contributed by atoms with Crippen molar-refractivity contribution in [2.75, 3.05) is 13.2 Å². The minimum atomic E-state index is -2.45. The lowest BCUT2D eigenvalue weighted by molar-refractivity contribution is -0.176. The fraction of sp³-hybridized carbons (Fsp3) is 0.833. The van der Waals surface area contributed by atoms with Crippen LogP contribution in [0.3, 0.4) is 0 Å². The van der Waals surface area contributed by atoms with Gasteiger partial charge in [0, 0.05) is 0 Å². The van der Waals surface area contributed by atoms with Crippen molar-refractivity contribution in [3.63, 3.8) is 0 Å². The molecule has 6 nitrogen and oxygen atoms in total. The number of Topliss-reactive ketones (excluding diaryl/α,β-unsaturated/α-hetero) is 1. The number of rotatable bonds is 14. The molecule has 0 heterocycles. The third-order valence-corrected chi connectivity index (χ3v) is 3.81. The van der Waals surface area contributed by atoms with Gasteiger partial charge in [0.05, 0.1) is 19.6 Å². The van der Waals surface area contributed by atoms with Crippen molar-refractivity contribution >= 4 is 17.7 Å². The van der Waals surface area contributed by atoms with Crippen LogP contribution in [0.15, 0.2) is 0 Å². The first kappa shape index (κ1) is 22.6. The molecule has 0 radical (unpaired) electrons. The van der Waals surface area contributed by atoms with E-state index >= 15 is 0 Å². The van der Waals surface area contributed by atoms with Crippen LogP contribution in [-0.2, 0) is 23.9 Å². The lowest BCUT2D eigenvalue weighted by atomic mass is 9.95. The van der Waals surface area contributed by atoms with Crippen molar-refractivity contribution in [1.29, 1.82) is 0 Å². The zero-order valence-corrected chi connectivity index (χ0v) is 15.3. The van der Waals surface area contributed by atoms with Gasteiger partial charge in [0.2, 0.25) is 5.60 Å². The highest BCUT2D eigenvalue weighted by molar-refractivity contribution is 6.08. The Morgan fingerprint density at radius 3 is 1.79 bits per heavy atom. The van der Waals surface area contributed by atoms with Crippen molar-refractivity contribution in [2.45, 2.75) is 84.2 Å². The molecule has 0 fully saturated rings. The van der Waals surface area contributed by atoms with E-state index in [1.54, 1.807) is 0 Å². The van der Waals surface area contributed by atoms with E-state index < -0.39 is 29.7 Å². The molecule has 0 aliphatic rings. The molecule has 0 aromatic rings. The van der Waals surface area contributed by atoms with Crippen molar-refractivity contribution in [3.05, 3.63) is 0 Å². The monoisotopic (exact) mass is 344 g/mol. The van der Waals surface area contributed by atoms with Gasteiger partial charge in [-0.3, -0.25) is 9.59 Å². The van der Waals surface area contributed by atoms with Crippen molar-refractivity contribution in [2.24, 2.45) is 0 Å². The molecule has 0 aliphatic carbocycles. The van der Waals surface area contributed by atoms with E-state index in [0.717, 1.165) is 51.9 Å². The number of carbonyl (C=O) groups is 3. The van der Waals surface area contributed by atoms with Gasteiger partial charge in [0.25, 0.3) is 0 Å². The zero-order chi connectivity index (χ0) is 18.4. The summed E-state index contributed by atoms with van der Waals surface area (Å²) in [6.45, 7) is 5.55. The van der Waals surface area contributed by atoms with E-state index in [0.29, 0.717) is 6.42 Å². The quantitative estimate of drug-likeness (QED) is 0.296. The van der Waals surface area contributed by atoms with Crippen LogP contribution in [0.4, 0.5) is 0 Å². The Morgan fingerprint density at radius 1 is 0.833 bits per heavy atom. The largest absolute Gasteiger partial charge is 0.466 e. The molecule has 6 heteroatoms. The maximum Gasteiger partial charge on any atom is 0.346 e. The molecule has 0 saturated carbocycles. The second kappa shape index (κ2) is 12.9. The zero-order valence-electron chi connectivity index (χ0n) is 15.3. The number of carbonyl (C=O) groups excluding carboxylic acids is 3. The Kier molecular flexibility index (Phi) is 12.2. The van der Waals surface area contributed by atoms with Gasteiger partial charge in [0.15, 0.2) is 5.78 Å². The molecule has 140 valence electrons. The summed E-state index contributed by atoms with van der Waals surface area (Å²) in [5.41, 5.74) is -2.45. The molecule has 0 aliphatic heterocycles. The molecule has 0 bridgehead atoms. The molecule has 0 amide bonds. The van der Waals surface area contributed by atoms with Gasteiger partial charge in [0.1, 0.15) is 0 Å². The summed E-state index contributed by atoms with van der Waals surface area (Å²) in [6, 6.07) is 0. The van der Waals surface area contributed by atoms with Crippen LogP contribution in [0.2, 0.25) is 0 Å². The number of esters is 2. The molecule has 0 aromatic carbocycles. The van der Waals surface area contributed by atoms with Crippen molar-refractivity contribution in [1.82, 2.24) is 0 Å². The van der Waals surface area contributed by atoms with E-state index in [-0.39, 0.29) is 13.2 Å². The van der Waals surface area contributed by atoms with Crippen LogP contribution < -0.4 is 0 Å². The summed E-state index contributed by atoms with van der Waals surface area (Å²) in [5, 5.41) is 10.2. The predicted octanol–water partition coefficient (Wildman–Crippen LogP) is 2.94. The Balaban J connectivity index is 4.34. The number of hydrogen-bond acceptors (Lipinski definition) is 6. The van der Waals surface area contributed by atoms with Gasteiger partial charge in [-0.05, 0) is 19.8 Å². The van der Waals surface area contributed by atoms with Crippen LogP contribution in [-0.4, -0.2) is 41.6 Å². The second-order valence-corrected chi connectivity index (χ2v) is 6.07. The van der Waals surface area contributed by atoms with E-state index in [9.17, 15) is 19.5 Å². The molecule has 1 N–H and O–H groups in total. The number of hydrogen-bond donors (Lipinski definition) is 1. The second-order valence-electron chi connectivity index (χ2n) is 6.07. The van der Waals surface area contributed by atoms with Crippen LogP contribution in [0.25, 0.3) is 0 Å². The summed E-state index contributed by atoms with van der Waals surface area (Å²) in [4.78, 5) is 35.4. The lowest BCUT2D eigenvalue weighted by Crippen LogP contribution is -2.48. The van der Waals surface area contributed by atoms with Crippen LogP contribution in [0, 0.1) is 0 Å². The predicted molar refractivity (Wildman–Crippen MR) is 90.4 cm³/mol. The molecule has 0 unspecified atom stereocenters. The van der Waals surface area contributed by atoms with Crippen molar-refractivity contribution < 1.29 is 29.0 Å². The summed E-state index contributed by atoms with van der Waals surface area (Å²) in [5.74, 6) is -2.66. The van der Waals surface area contributed by atoms with Gasteiger partial charge < -0.3 is 14.6 Å². The summed E-state index contributed by atoms with van der Waals surface area (Å²) in [6.07, 6.45) is 6.73. The Morgan fingerprint density at radius 2 is 1.33 bits per heavy atom. The number of ether oxygens (including phenoxy) is 2. The first-order chi connectivity index (χ1) is 11.4. The average Bonchev–Trinajstić information content (AvgIpc) is 2.53. The lowest BCUT2D eigenvalue weighted by Gasteiger charge is -2.22. The van der Waals surface area contributed by atoms with E-state index in [2.05, 4.69) is 13.8 Å². The molecule has 1 atom stereocenters. The molecular weight excluding hydrogens is 312 g/mol. The fourth-order valence-corrected chi connectivity index (χ4v) is 2.13. The van der Waals surface area contributed by atoms with Gasteiger partial charge >= 0.3 is 11.9 Å². The van der Waals surface area contributed by atoms with Crippen molar-refractivity contribution in [3.8, 4) is 0 Å². The van der Waals surface area contributed by atoms with Gasteiger partial charge in [-0.1, -0.05) is 52.4 Å². The summed E-state index contributed by atoms with van der Waals surface area (Å²) < 4.78 is 9.94. The van der Waals surface area contributed by atoms with Crippen LogP contribution in [0.5, 0.6) is 0 Å². The minimum Gasteiger partial charge on any atom is -0.466 e. The Bertz CT molecular complexity index is 393. The maximum atomic E-state index is 12.0. The standard InChI is InChI=1S/C18H32O6/c1-4-6-8-10-12-23-16(20)14-18(22,15(3)19)17(21)24-13-11-9-7-5-2/h22H,4-14H2,1-3H3/t18-/m0/s1. The average molecular weight is 344 g/mol. The highest BCUT2D eigenvalue weighted by atomic mass is 16.6. The summed E-state index contributed by atoms with van der Waals surface area (Å²) >= 11 is 0. The molecule has 0 rings (SSSR count). The fourth-order valence-electron chi connectivity index (χ4n) is 2.13. The smallest absolute Gasteiger partial charge is 0.346 e. The van der Waals surface area contributed by atoms with E-state index in [1.165, 1.54) is 0 Å². The van der Waals surface area contributed by atoms with E-state index in [1.807, 2.05) is 0 Å². The van der Waals surface area contributed by atoms with Gasteiger partial charge in [-0.15, -0.1) is 0 Å². The third-order valence-electron chi connectivity index (χ3n) is 3.81. The first-order valence-corrected chi connectivity index (χ1v) is 8.94. The normalized spacial score (nSPS) is 13.2. The number of aliphatic hydroxyl groups is 1. The first-order valence-electron chi connectivity index (χ1n) is 8.94. The number of ketones is 1. The summed E-state index contributed by atoms with van der Waals surface area (Å²) in [7, 11) is 0. The Labute approximate surface area is 144 Å². The molecule has 24 heavy (non-hydrogen) atoms. The highest BCUT2D eigenvalue weighted by Gasteiger charge is 2.45. The third kappa shape index (κ3) is 9.01. The maximum absolute atomic E-state index is 12.0. The van der Waals surface area contributed by atoms with Crippen LogP contribution in [0.1, 0.15) is 78.6 Å². The topological polar surface area (TPSA) is 89.9 Å². The molecule has 0 spiro atoms. The molecule has 0 aromatic heterocycles. The van der Waals surface area contributed by atoms with Crippen LogP contribution >= 0.6 is 0 Å². The molecular formula is C18H32O6. The van der Waals surface area contributed by atoms with Gasteiger partial charge in [-0.25, -0.2) is 4.79 Å². The van der Waals surface area contributed by atoms with Gasteiger partial charge in [-0.2, -0.15) is 0 Å². The SMILES string of the molecule is CCCCCCOC(=O)C[C@](O)(C(C)=O)C(=O)OCCCCCC. The van der Waals surface area contributed by atoms with E-state index in [4.69, 9.17) is 9.47 Å². The Hall–Kier alpha value is -1.43. The minimum absolute atomic E-state index is 0.125. The highest BCUT2D eigenvalue weighted by Crippen LogP contribution is 2.16.